The average molecular weight is 209 g/mol. The Morgan fingerprint density at radius 1 is 1.46 bits per heavy atom. The molecule has 0 atom stereocenters. The first kappa shape index (κ1) is 9.11. The van der Waals surface area contributed by atoms with Crippen molar-refractivity contribution in [2.45, 2.75) is 30.7 Å². The van der Waals surface area contributed by atoms with E-state index in [4.69, 9.17) is 0 Å². The molecule has 0 spiro atoms. The number of hydrogen-bond donors (Lipinski definition) is 1. The van der Waals surface area contributed by atoms with Crippen molar-refractivity contribution in [1.29, 1.82) is 0 Å². The molecule has 0 aliphatic heterocycles. The first-order valence-corrected chi connectivity index (χ1v) is 5.83. The Balaban J connectivity index is 2.03. The Kier molecular flexibility index (Phi) is 2.92. The molecular weight excluding hydrogens is 198 g/mol. The molecule has 0 aromatic carbocycles. The van der Waals surface area contributed by atoms with Gasteiger partial charge in [-0.15, -0.1) is 24.0 Å². The lowest BCUT2D eigenvalue weighted by molar-refractivity contribution is 0.712. The highest BCUT2D eigenvalue weighted by atomic mass is 32.1. The summed E-state index contributed by atoms with van der Waals surface area (Å²) in [5.41, 5.74) is 0. The highest BCUT2D eigenvalue weighted by Crippen LogP contribution is 2.23. The average Bonchev–Trinajstić information content (AvgIpc) is 2.71. The predicted octanol–water partition coefficient (Wildman–Crippen LogP) is 2.97. The lowest BCUT2D eigenvalue weighted by Gasteiger charge is -1.93. The van der Waals surface area contributed by atoms with Gasteiger partial charge in [0.2, 0.25) is 0 Å². The van der Waals surface area contributed by atoms with Gasteiger partial charge in [-0.05, 0) is 18.8 Å². The smallest absolute Gasteiger partial charge is 0.168 e. The molecule has 1 aromatic rings. The maximum Gasteiger partial charge on any atom is 0.168 e. The monoisotopic (exact) mass is 209 g/mol. The molecule has 0 N–H and O–H groups in total. The van der Waals surface area contributed by atoms with Crippen molar-refractivity contribution in [1.82, 2.24) is 4.98 Å². The molecule has 1 aromatic heterocycles. The van der Waals surface area contributed by atoms with Crippen molar-refractivity contribution in [2.24, 2.45) is 5.92 Å². The predicted molar refractivity (Wildman–Crippen MR) is 58.2 cm³/mol. The highest BCUT2D eigenvalue weighted by Gasteiger charge is 2.11. The lowest BCUT2D eigenvalue weighted by atomic mass is 10.1. The van der Waals surface area contributed by atoms with Crippen molar-refractivity contribution < 1.29 is 0 Å². The van der Waals surface area contributed by atoms with Crippen LogP contribution in [0.3, 0.4) is 0 Å². The summed E-state index contributed by atoms with van der Waals surface area (Å²) in [6.07, 6.45) is 5.22. The van der Waals surface area contributed by atoms with Gasteiger partial charge in [-0.1, -0.05) is 18.8 Å². The molecule has 1 heterocycles. The van der Waals surface area contributed by atoms with Gasteiger partial charge >= 0.3 is 0 Å². The van der Waals surface area contributed by atoms with Gasteiger partial charge in [0.05, 0.1) is 0 Å². The summed E-state index contributed by atoms with van der Waals surface area (Å²) in [6.45, 7) is 0. The third-order valence-corrected chi connectivity index (χ3v) is 3.39. The Morgan fingerprint density at radius 3 is 2.85 bits per heavy atom. The summed E-state index contributed by atoms with van der Waals surface area (Å²) >= 11 is 5.71. The first-order chi connectivity index (χ1) is 6.34. The molecule has 1 saturated carbocycles. The Labute approximate surface area is 88.0 Å². The van der Waals surface area contributed by atoms with Crippen molar-refractivity contribution in [3.05, 3.63) is 10.4 Å². The number of thiol groups is 1. The lowest BCUT2D eigenvalue weighted by Crippen LogP contribution is -1.86. The fourth-order valence-electron chi connectivity index (χ4n) is 1.56. The van der Waals surface area contributed by atoms with Crippen LogP contribution in [0, 0.1) is 17.8 Å². The van der Waals surface area contributed by atoms with Crippen LogP contribution in [-0.2, 0) is 0 Å². The van der Waals surface area contributed by atoms with Gasteiger partial charge in [-0.3, -0.25) is 0 Å². The number of nitrogens with zero attached hydrogens (tertiary/aromatic N) is 1. The fraction of sp³-hybridized carbons (Fsp3) is 0.500. The SMILES string of the molecule is Sc1csc(C#CC2CCCC2)n1. The summed E-state index contributed by atoms with van der Waals surface area (Å²) in [7, 11) is 0. The zero-order valence-corrected chi connectivity index (χ0v) is 9.00. The van der Waals surface area contributed by atoms with Crippen LogP contribution < -0.4 is 0 Å². The van der Waals surface area contributed by atoms with Gasteiger partial charge in [-0.2, -0.15) is 0 Å². The maximum absolute atomic E-state index is 4.18. The number of hydrogen-bond acceptors (Lipinski definition) is 3. The Morgan fingerprint density at radius 2 is 2.23 bits per heavy atom. The molecule has 1 aliphatic carbocycles. The van der Waals surface area contributed by atoms with E-state index < -0.39 is 0 Å². The van der Waals surface area contributed by atoms with Crippen LogP contribution in [0.5, 0.6) is 0 Å². The van der Waals surface area contributed by atoms with E-state index in [1.54, 1.807) is 11.3 Å². The summed E-state index contributed by atoms with van der Waals surface area (Å²) in [5, 5.41) is 3.60. The standard InChI is InChI=1S/C10H11NS2/c12-9-7-13-10(11-9)6-5-8-3-1-2-4-8/h7-8,12H,1-4H2. The van der Waals surface area contributed by atoms with E-state index in [0.29, 0.717) is 5.92 Å². The van der Waals surface area contributed by atoms with Gasteiger partial charge in [0.15, 0.2) is 5.01 Å². The van der Waals surface area contributed by atoms with Crippen LogP contribution >= 0.6 is 24.0 Å². The molecule has 1 fully saturated rings. The first-order valence-electron chi connectivity index (χ1n) is 4.50. The minimum Gasteiger partial charge on any atom is -0.222 e. The zero-order valence-electron chi connectivity index (χ0n) is 7.29. The van der Waals surface area contributed by atoms with Crippen LogP contribution in [-0.4, -0.2) is 4.98 Å². The summed E-state index contributed by atoms with van der Waals surface area (Å²) in [4.78, 5) is 4.18. The van der Waals surface area contributed by atoms with Crippen LogP contribution in [0.2, 0.25) is 0 Å². The van der Waals surface area contributed by atoms with Gasteiger partial charge in [0, 0.05) is 11.3 Å². The number of thiazole rings is 1. The molecule has 1 aliphatic rings. The minimum atomic E-state index is 0.618. The quantitative estimate of drug-likeness (QED) is 0.512. The Hall–Kier alpha value is -0.460. The summed E-state index contributed by atoms with van der Waals surface area (Å²) < 4.78 is 0. The molecule has 2 rings (SSSR count). The third-order valence-electron chi connectivity index (χ3n) is 2.23. The third kappa shape index (κ3) is 2.49. The van der Waals surface area contributed by atoms with Crippen molar-refractivity contribution >= 4 is 24.0 Å². The second-order valence-corrected chi connectivity index (χ2v) is 4.58. The van der Waals surface area contributed by atoms with E-state index in [2.05, 4.69) is 29.5 Å². The summed E-state index contributed by atoms with van der Waals surface area (Å²) in [5.74, 6) is 7.01. The molecule has 3 heteroatoms. The van der Waals surface area contributed by atoms with Crippen LogP contribution in [0.15, 0.2) is 10.4 Å². The molecule has 0 saturated heterocycles. The van der Waals surface area contributed by atoms with Gasteiger partial charge < -0.3 is 0 Å². The number of rotatable bonds is 0. The summed E-state index contributed by atoms with van der Waals surface area (Å²) in [6, 6.07) is 0. The van der Waals surface area contributed by atoms with E-state index in [-0.39, 0.29) is 0 Å². The second kappa shape index (κ2) is 4.17. The molecule has 0 bridgehead atoms. The zero-order chi connectivity index (χ0) is 9.10. The molecule has 0 unspecified atom stereocenters. The van der Waals surface area contributed by atoms with Crippen LogP contribution in [0.1, 0.15) is 30.7 Å². The number of aromatic nitrogens is 1. The van der Waals surface area contributed by atoms with Gasteiger partial charge in [-0.25, -0.2) is 4.98 Å². The molecular formula is C10H11NS2. The van der Waals surface area contributed by atoms with Gasteiger partial charge in [0.25, 0.3) is 0 Å². The van der Waals surface area contributed by atoms with E-state index in [0.717, 1.165) is 10.0 Å². The maximum atomic E-state index is 4.18. The van der Waals surface area contributed by atoms with E-state index in [9.17, 15) is 0 Å². The molecule has 1 nitrogen and oxygen atoms in total. The molecule has 13 heavy (non-hydrogen) atoms. The van der Waals surface area contributed by atoms with E-state index in [1.165, 1.54) is 25.7 Å². The molecule has 0 radical (unpaired) electrons. The highest BCUT2D eigenvalue weighted by molar-refractivity contribution is 7.80. The van der Waals surface area contributed by atoms with Crippen molar-refractivity contribution in [3.8, 4) is 11.8 Å². The van der Waals surface area contributed by atoms with E-state index in [1.807, 2.05) is 5.38 Å². The molecule has 0 amide bonds. The Bertz CT molecular complexity index is 339. The van der Waals surface area contributed by atoms with Crippen molar-refractivity contribution in [3.63, 3.8) is 0 Å². The minimum absolute atomic E-state index is 0.618. The van der Waals surface area contributed by atoms with Crippen LogP contribution in [0.25, 0.3) is 0 Å². The molecule has 68 valence electrons. The van der Waals surface area contributed by atoms with Gasteiger partial charge in [0.1, 0.15) is 5.03 Å². The second-order valence-electron chi connectivity index (χ2n) is 3.26. The largest absolute Gasteiger partial charge is 0.222 e. The fourth-order valence-corrected chi connectivity index (χ4v) is 2.42. The normalized spacial score (nSPS) is 17.0. The van der Waals surface area contributed by atoms with Crippen LogP contribution in [0.4, 0.5) is 0 Å². The van der Waals surface area contributed by atoms with E-state index >= 15 is 0 Å². The van der Waals surface area contributed by atoms with Crippen molar-refractivity contribution in [2.75, 3.05) is 0 Å². The topological polar surface area (TPSA) is 12.9 Å².